The second-order valence-electron chi connectivity index (χ2n) is 4.36. The average molecular weight is 245 g/mol. The summed E-state index contributed by atoms with van der Waals surface area (Å²) in [6.45, 7) is 3.80. The zero-order valence-corrected chi connectivity index (χ0v) is 10.6. The molecule has 94 valence electrons. The lowest BCUT2D eigenvalue weighted by Gasteiger charge is -2.14. The summed E-state index contributed by atoms with van der Waals surface area (Å²) < 4.78 is 5.27. The first-order chi connectivity index (χ1) is 8.54. The van der Waals surface area contributed by atoms with Gasteiger partial charge in [0.05, 0.1) is 16.6 Å². The molecule has 0 aliphatic carbocycles. The van der Waals surface area contributed by atoms with E-state index in [0.717, 1.165) is 16.3 Å². The van der Waals surface area contributed by atoms with Crippen LogP contribution >= 0.6 is 0 Å². The van der Waals surface area contributed by atoms with E-state index in [4.69, 9.17) is 4.74 Å². The molecule has 0 aromatic heterocycles. The minimum atomic E-state index is -0.355. The summed E-state index contributed by atoms with van der Waals surface area (Å²) in [5.74, 6) is 0. The van der Waals surface area contributed by atoms with Gasteiger partial charge in [0.2, 0.25) is 0 Å². The number of nitrogens with zero attached hydrogens (tertiary/aromatic N) is 1. The molecule has 18 heavy (non-hydrogen) atoms. The third-order valence-corrected chi connectivity index (χ3v) is 3.15. The molecule has 0 aliphatic heterocycles. The van der Waals surface area contributed by atoms with Crippen molar-refractivity contribution in [2.75, 3.05) is 7.11 Å². The largest absolute Gasteiger partial charge is 0.377 e. The fourth-order valence-corrected chi connectivity index (χ4v) is 2.15. The Hall–Kier alpha value is -1.94. The molecule has 0 aliphatic rings. The smallest absolute Gasteiger partial charge is 0.275 e. The highest BCUT2D eigenvalue weighted by molar-refractivity contribution is 5.89. The molecule has 4 heteroatoms. The van der Waals surface area contributed by atoms with Gasteiger partial charge in [-0.25, -0.2) is 0 Å². The van der Waals surface area contributed by atoms with Crippen molar-refractivity contribution in [3.63, 3.8) is 0 Å². The van der Waals surface area contributed by atoms with Gasteiger partial charge < -0.3 is 4.74 Å². The summed E-state index contributed by atoms with van der Waals surface area (Å²) >= 11 is 0. The van der Waals surface area contributed by atoms with Crippen molar-refractivity contribution in [1.29, 1.82) is 0 Å². The van der Waals surface area contributed by atoms with E-state index in [-0.39, 0.29) is 16.7 Å². The second-order valence-corrected chi connectivity index (χ2v) is 4.36. The Labute approximate surface area is 105 Å². The van der Waals surface area contributed by atoms with Crippen LogP contribution < -0.4 is 0 Å². The SMILES string of the molecule is COC(C)c1c([N+](=O)[O-])ccc2ccc(C)cc12. The minimum Gasteiger partial charge on any atom is -0.377 e. The molecule has 0 amide bonds. The molecule has 4 nitrogen and oxygen atoms in total. The van der Waals surface area contributed by atoms with Crippen LogP contribution in [-0.2, 0) is 4.74 Å². The molecule has 0 heterocycles. The van der Waals surface area contributed by atoms with Gasteiger partial charge in [0.15, 0.2) is 0 Å². The maximum absolute atomic E-state index is 11.1. The quantitative estimate of drug-likeness (QED) is 0.611. The lowest BCUT2D eigenvalue weighted by Crippen LogP contribution is -2.02. The lowest BCUT2D eigenvalue weighted by molar-refractivity contribution is -0.386. The van der Waals surface area contributed by atoms with Crippen LogP contribution in [0, 0.1) is 17.0 Å². The average Bonchev–Trinajstić information content (AvgIpc) is 2.36. The molecule has 0 saturated carbocycles. The zero-order valence-electron chi connectivity index (χ0n) is 10.6. The first kappa shape index (κ1) is 12.5. The highest BCUT2D eigenvalue weighted by Crippen LogP contribution is 2.34. The van der Waals surface area contributed by atoms with Crippen molar-refractivity contribution < 1.29 is 9.66 Å². The number of methoxy groups -OCH3 is 1. The van der Waals surface area contributed by atoms with Gasteiger partial charge in [0.1, 0.15) is 0 Å². The first-order valence-electron chi connectivity index (χ1n) is 5.75. The molecule has 0 spiro atoms. The van der Waals surface area contributed by atoms with E-state index in [9.17, 15) is 10.1 Å². The van der Waals surface area contributed by atoms with Crippen LogP contribution in [0.2, 0.25) is 0 Å². The molecule has 2 aromatic carbocycles. The van der Waals surface area contributed by atoms with Crippen LogP contribution in [-0.4, -0.2) is 12.0 Å². The van der Waals surface area contributed by atoms with Crippen molar-refractivity contribution >= 4 is 16.5 Å². The van der Waals surface area contributed by atoms with E-state index in [1.807, 2.05) is 32.0 Å². The molecule has 1 unspecified atom stereocenters. The Morgan fingerprint density at radius 2 is 1.94 bits per heavy atom. The summed E-state index contributed by atoms with van der Waals surface area (Å²) in [4.78, 5) is 10.8. The number of aryl methyl sites for hydroxylation is 1. The van der Waals surface area contributed by atoms with E-state index in [2.05, 4.69) is 0 Å². The molecule has 0 N–H and O–H groups in total. The molecular weight excluding hydrogens is 230 g/mol. The molecule has 0 radical (unpaired) electrons. The summed E-state index contributed by atoms with van der Waals surface area (Å²) in [5.41, 5.74) is 1.83. The highest BCUT2D eigenvalue weighted by atomic mass is 16.6. The van der Waals surface area contributed by atoms with Crippen LogP contribution in [0.1, 0.15) is 24.2 Å². The Kier molecular flexibility index (Phi) is 3.30. The van der Waals surface area contributed by atoms with E-state index >= 15 is 0 Å². The van der Waals surface area contributed by atoms with Crippen LogP contribution in [0.4, 0.5) is 5.69 Å². The summed E-state index contributed by atoms with van der Waals surface area (Å²) in [5, 5.41) is 13.0. The number of nitro groups is 1. The van der Waals surface area contributed by atoms with Gasteiger partial charge >= 0.3 is 0 Å². The van der Waals surface area contributed by atoms with Crippen molar-refractivity contribution in [3.05, 3.63) is 51.6 Å². The Balaban J connectivity index is 2.83. The molecule has 0 fully saturated rings. The van der Waals surface area contributed by atoms with E-state index in [1.54, 1.807) is 19.2 Å². The summed E-state index contributed by atoms with van der Waals surface area (Å²) in [6, 6.07) is 9.25. The predicted molar refractivity (Wildman–Crippen MR) is 70.8 cm³/mol. The van der Waals surface area contributed by atoms with Crippen LogP contribution in [0.25, 0.3) is 10.8 Å². The Bertz CT molecular complexity index is 607. The van der Waals surface area contributed by atoms with Gasteiger partial charge in [-0.15, -0.1) is 0 Å². The van der Waals surface area contributed by atoms with Gasteiger partial charge in [-0.05, 0) is 30.7 Å². The topological polar surface area (TPSA) is 52.4 Å². The second kappa shape index (κ2) is 4.74. The molecule has 2 rings (SSSR count). The van der Waals surface area contributed by atoms with E-state index in [0.29, 0.717) is 5.56 Å². The summed E-state index contributed by atoms with van der Waals surface area (Å²) in [7, 11) is 1.56. The highest BCUT2D eigenvalue weighted by Gasteiger charge is 2.21. The van der Waals surface area contributed by atoms with Crippen LogP contribution in [0.15, 0.2) is 30.3 Å². The number of rotatable bonds is 3. The monoisotopic (exact) mass is 245 g/mol. The van der Waals surface area contributed by atoms with Crippen molar-refractivity contribution in [2.45, 2.75) is 20.0 Å². The number of hydrogen-bond acceptors (Lipinski definition) is 3. The fourth-order valence-electron chi connectivity index (χ4n) is 2.15. The third-order valence-electron chi connectivity index (χ3n) is 3.15. The van der Waals surface area contributed by atoms with E-state index in [1.165, 1.54) is 0 Å². The zero-order chi connectivity index (χ0) is 13.3. The Morgan fingerprint density at radius 3 is 2.56 bits per heavy atom. The van der Waals surface area contributed by atoms with Crippen LogP contribution in [0.3, 0.4) is 0 Å². The van der Waals surface area contributed by atoms with Crippen molar-refractivity contribution in [3.8, 4) is 0 Å². The molecule has 0 saturated heterocycles. The van der Waals surface area contributed by atoms with Crippen molar-refractivity contribution in [2.24, 2.45) is 0 Å². The minimum absolute atomic E-state index is 0.113. The van der Waals surface area contributed by atoms with E-state index < -0.39 is 0 Å². The fraction of sp³-hybridized carbons (Fsp3) is 0.286. The maximum Gasteiger partial charge on any atom is 0.275 e. The maximum atomic E-state index is 11.1. The molecule has 1 atom stereocenters. The van der Waals surface area contributed by atoms with Gasteiger partial charge in [-0.1, -0.05) is 23.8 Å². The standard InChI is InChI=1S/C14H15NO3/c1-9-4-5-11-6-7-13(15(16)17)14(10(2)18-3)12(11)8-9/h4-8,10H,1-3H3. The molecule has 2 aromatic rings. The van der Waals surface area contributed by atoms with Gasteiger partial charge in [-0.3, -0.25) is 10.1 Å². The number of hydrogen-bond donors (Lipinski definition) is 0. The number of fused-ring (bicyclic) bond motifs is 1. The van der Waals surface area contributed by atoms with Crippen molar-refractivity contribution in [1.82, 2.24) is 0 Å². The molecular formula is C14H15NO3. The lowest BCUT2D eigenvalue weighted by atomic mass is 9.97. The van der Waals surface area contributed by atoms with Crippen LogP contribution in [0.5, 0.6) is 0 Å². The third kappa shape index (κ3) is 2.07. The summed E-state index contributed by atoms with van der Waals surface area (Å²) in [6.07, 6.45) is -0.309. The first-order valence-corrected chi connectivity index (χ1v) is 5.75. The molecule has 0 bridgehead atoms. The number of benzene rings is 2. The normalized spacial score (nSPS) is 12.6. The van der Waals surface area contributed by atoms with Gasteiger partial charge in [-0.2, -0.15) is 0 Å². The number of ether oxygens (including phenoxy) is 1. The number of nitro benzene ring substituents is 1. The van der Waals surface area contributed by atoms with Gasteiger partial charge in [0.25, 0.3) is 5.69 Å². The van der Waals surface area contributed by atoms with Gasteiger partial charge in [0, 0.05) is 13.2 Å². The predicted octanol–water partition coefficient (Wildman–Crippen LogP) is 3.76. The Morgan fingerprint density at radius 1 is 1.28 bits per heavy atom.